The lowest BCUT2D eigenvalue weighted by atomic mass is 9.69. The van der Waals surface area contributed by atoms with Gasteiger partial charge in [0, 0.05) is 11.6 Å². The second kappa shape index (κ2) is 9.99. The summed E-state index contributed by atoms with van der Waals surface area (Å²) in [5, 5.41) is 0. The van der Waals surface area contributed by atoms with E-state index < -0.39 is 8.32 Å². The monoisotopic (exact) mass is 471 g/mol. The number of nitrogen functional groups attached to an aromatic ring is 1. The molecule has 0 radical (unpaired) electrons. The van der Waals surface area contributed by atoms with Gasteiger partial charge in [-0.15, -0.1) is 0 Å². The van der Waals surface area contributed by atoms with Crippen LogP contribution in [0.3, 0.4) is 0 Å². The van der Waals surface area contributed by atoms with Crippen LogP contribution < -0.4 is 10.2 Å². The lowest BCUT2D eigenvalue weighted by Gasteiger charge is -2.42. The Morgan fingerprint density at radius 1 is 0.765 bits per heavy atom. The first-order valence-electron chi connectivity index (χ1n) is 13.0. The number of hydrogen-bond acceptors (Lipinski definition) is 2. The van der Waals surface area contributed by atoms with Gasteiger partial charge in [0.1, 0.15) is 5.75 Å². The van der Waals surface area contributed by atoms with Crippen molar-refractivity contribution in [2.24, 2.45) is 0 Å². The van der Waals surface area contributed by atoms with Crippen LogP contribution in [0.5, 0.6) is 5.75 Å². The van der Waals surface area contributed by atoms with E-state index in [9.17, 15) is 0 Å². The molecule has 3 aromatic rings. The molecule has 2 N–H and O–H groups in total. The highest BCUT2D eigenvalue weighted by atomic mass is 28.4. The van der Waals surface area contributed by atoms with E-state index in [-0.39, 0.29) is 0 Å². The number of benzene rings is 3. The van der Waals surface area contributed by atoms with Gasteiger partial charge in [-0.3, -0.25) is 0 Å². The minimum atomic E-state index is -1.98. The molecule has 0 heterocycles. The first-order chi connectivity index (χ1) is 16.2. The maximum absolute atomic E-state index is 7.04. The molecule has 0 aromatic heterocycles. The Labute approximate surface area is 207 Å². The van der Waals surface area contributed by atoms with Gasteiger partial charge in [0.15, 0.2) is 0 Å². The highest BCUT2D eigenvalue weighted by Crippen LogP contribution is 2.48. The van der Waals surface area contributed by atoms with Crippen LogP contribution in [0.2, 0.25) is 16.6 Å². The number of fused-ring (bicyclic) bond motifs is 1. The maximum Gasteiger partial charge on any atom is 0.258 e. The molecule has 2 atom stereocenters. The van der Waals surface area contributed by atoms with E-state index in [1.165, 1.54) is 22.3 Å². The number of nitrogens with two attached hydrogens (primary N) is 1. The third-order valence-electron chi connectivity index (χ3n) is 8.10. The molecule has 180 valence electrons. The van der Waals surface area contributed by atoms with E-state index >= 15 is 0 Å². The van der Waals surface area contributed by atoms with Crippen LogP contribution in [0.15, 0.2) is 72.8 Å². The molecule has 0 bridgehead atoms. The molecule has 1 aliphatic carbocycles. The number of anilines is 1. The standard InChI is InChI=1S/C31H41NOSi/c1-21(2)34(22(3)4,23(5)6)33-28-17-19-30-26(20-28)14-18-29(24-10-8-7-9-11-24)31(30)25-12-15-27(32)16-13-25/h7-13,15-17,19-23,29,31H,14,18,32H2,1-6H3/t29-,31+/m1/s1. The molecular formula is C31H41NOSi. The molecule has 4 rings (SSSR count). The van der Waals surface area contributed by atoms with Gasteiger partial charge in [0.25, 0.3) is 8.32 Å². The fourth-order valence-electron chi connectivity index (χ4n) is 6.59. The van der Waals surface area contributed by atoms with Crippen LogP contribution in [0, 0.1) is 0 Å². The molecule has 3 heteroatoms. The Hall–Kier alpha value is -2.52. The van der Waals surface area contributed by atoms with Gasteiger partial charge in [-0.25, -0.2) is 0 Å². The molecule has 0 unspecified atom stereocenters. The third kappa shape index (κ3) is 4.55. The zero-order chi connectivity index (χ0) is 24.5. The molecule has 1 aliphatic rings. The van der Waals surface area contributed by atoms with Gasteiger partial charge in [-0.1, -0.05) is 90.1 Å². The number of hydrogen-bond donors (Lipinski definition) is 1. The Kier molecular flexibility index (Phi) is 7.23. The summed E-state index contributed by atoms with van der Waals surface area (Å²) >= 11 is 0. The predicted octanol–water partition coefficient (Wildman–Crippen LogP) is 8.69. The van der Waals surface area contributed by atoms with E-state index in [0.717, 1.165) is 24.3 Å². The quantitative estimate of drug-likeness (QED) is 0.276. The van der Waals surface area contributed by atoms with Gasteiger partial charge in [-0.2, -0.15) is 0 Å². The molecule has 3 aromatic carbocycles. The van der Waals surface area contributed by atoms with Crippen molar-refractivity contribution in [3.05, 3.63) is 95.1 Å². The maximum atomic E-state index is 7.04. The van der Waals surface area contributed by atoms with Crippen molar-refractivity contribution in [3.63, 3.8) is 0 Å². The van der Waals surface area contributed by atoms with Crippen LogP contribution in [0.4, 0.5) is 5.69 Å². The zero-order valence-electron chi connectivity index (χ0n) is 21.7. The summed E-state index contributed by atoms with van der Waals surface area (Å²) in [7, 11) is -1.98. The van der Waals surface area contributed by atoms with Crippen LogP contribution in [-0.2, 0) is 6.42 Å². The Morgan fingerprint density at radius 3 is 1.97 bits per heavy atom. The van der Waals surface area contributed by atoms with Crippen LogP contribution in [-0.4, -0.2) is 8.32 Å². The van der Waals surface area contributed by atoms with E-state index in [4.69, 9.17) is 10.2 Å². The largest absolute Gasteiger partial charge is 0.543 e. The molecule has 34 heavy (non-hydrogen) atoms. The number of aryl methyl sites for hydroxylation is 1. The first-order valence-corrected chi connectivity index (χ1v) is 15.1. The van der Waals surface area contributed by atoms with Gasteiger partial charge in [0.05, 0.1) is 0 Å². The Bertz CT molecular complexity index is 1070. The third-order valence-corrected chi connectivity index (χ3v) is 14.1. The second-order valence-corrected chi connectivity index (χ2v) is 16.4. The molecule has 0 saturated heterocycles. The molecular weight excluding hydrogens is 430 g/mol. The van der Waals surface area contributed by atoms with E-state index in [2.05, 4.69) is 102 Å². The van der Waals surface area contributed by atoms with Gasteiger partial charge < -0.3 is 10.2 Å². The summed E-state index contributed by atoms with van der Waals surface area (Å²) in [6.07, 6.45) is 2.22. The summed E-state index contributed by atoms with van der Waals surface area (Å²) in [5.41, 5.74) is 14.2. The highest BCUT2D eigenvalue weighted by Gasteiger charge is 2.47. The van der Waals surface area contributed by atoms with Crippen molar-refractivity contribution >= 4 is 14.0 Å². The van der Waals surface area contributed by atoms with Gasteiger partial charge in [-0.05, 0) is 81.9 Å². The zero-order valence-corrected chi connectivity index (χ0v) is 22.7. The van der Waals surface area contributed by atoms with Crippen molar-refractivity contribution in [2.45, 2.75) is 82.8 Å². The summed E-state index contributed by atoms with van der Waals surface area (Å²) in [4.78, 5) is 0. The fourth-order valence-corrected chi connectivity index (χ4v) is 11.8. The Morgan fingerprint density at radius 2 is 1.38 bits per heavy atom. The van der Waals surface area contributed by atoms with E-state index in [1.54, 1.807) is 0 Å². The lowest BCUT2D eigenvalue weighted by Crippen LogP contribution is -2.50. The van der Waals surface area contributed by atoms with E-state index in [1.807, 2.05) is 12.1 Å². The molecule has 0 fully saturated rings. The van der Waals surface area contributed by atoms with Crippen molar-refractivity contribution in [3.8, 4) is 5.75 Å². The normalized spacial score (nSPS) is 18.4. The average Bonchev–Trinajstić information content (AvgIpc) is 2.82. The van der Waals surface area contributed by atoms with E-state index in [0.29, 0.717) is 28.5 Å². The average molecular weight is 472 g/mol. The smallest absolute Gasteiger partial charge is 0.258 e. The second-order valence-electron chi connectivity index (χ2n) is 11.0. The Balaban J connectivity index is 1.76. The molecule has 2 nitrogen and oxygen atoms in total. The minimum absolute atomic E-state index is 0.322. The molecule has 0 saturated carbocycles. The van der Waals surface area contributed by atoms with Crippen molar-refractivity contribution in [2.75, 3.05) is 5.73 Å². The van der Waals surface area contributed by atoms with Crippen LogP contribution in [0.1, 0.15) is 82.1 Å². The molecule has 0 spiro atoms. The van der Waals surface area contributed by atoms with Crippen molar-refractivity contribution in [1.82, 2.24) is 0 Å². The lowest BCUT2D eigenvalue weighted by molar-refractivity contribution is 0.475. The first kappa shape index (κ1) is 24.6. The van der Waals surface area contributed by atoms with Crippen molar-refractivity contribution in [1.29, 1.82) is 0 Å². The number of rotatable bonds is 7. The van der Waals surface area contributed by atoms with Crippen LogP contribution in [0.25, 0.3) is 0 Å². The fraction of sp³-hybridized carbons (Fsp3) is 0.419. The summed E-state index contributed by atoms with van der Waals surface area (Å²) < 4.78 is 7.04. The van der Waals surface area contributed by atoms with Gasteiger partial charge >= 0.3 is 0 Å². The minimum Gasteiger partial charge on any atom is -0.543 e. The molecule has 0 aliphatic heterocycles. The molecule has 0 amide bonds. The SMILES string of the molecule is CC(C)[Si](Oc1ccc2c(c1)CC[C@H](c1ccccc1)[C@@H]2c1ccc(N)cc1)(C(C)C)C(C)C. The summed E-state index contributed by atoms with van der Waals surface area (Å²) in [6, 6.07) is 26.4. The van der Waals surface area contributed by atoms with Crippen LogP contribution >= 0.6 is 0 Å². The van der Waals surface area contributed by atoms with Gasteiger partial charge in [0.2, 0.25) is 0 Å². The topological polar surface area (TPSA) is 35.2 Å². The van der Waals surface area contributed by atoms with Crippen molar-refractivity contribution < 1.29 is 4.43 Å². The predicted molar refractivity (Wildman–Crippen MR) is 148 cm³/mol. The summed E-state index contributed by atoms with van der Waals surface area (Å²) in [5.74, 6) is 1.85. The summed E-state index contributed by atoms with van der Waals surface area (Å²) in [6.45, 7) is 14.1. The highest BCUT2D eigenvalue weighted by molar-refractivity contribution is 6.78.